The molecule has 0 fully saturated rings. The summed E-state index contributed by atoms with van der Waals surface area (Å²) in [5.74, 6) is -0.329. The minimum Gasteiger partial charge on any atom is -0.335 e. The van der Waals surface area contributed by atoms with Gasteiger partial charge in [-0.1, -0.05) is 12.1 Å². The molecule has 162 valence electrons. The standard InChI is InChI=1S/C24H22N4O2S2/c1-28(14-20-26-17-9-3-5-11-19(17)31-20)24(30)21-16-8-2-4-10-18(16)32-23(21)27-22(29)15-7-6-12-25-13-15/h3,5-7,9,11-13H,2,4,8,10,14H2,1H3,(H,27,29). The monoisotopic (exact) mass is 462 g/mol. The van der Waals surface area contributed by atoms with Crippen LogP contribution in [-0.4, -0.2) is 33.7 Å². The number of carbonyl (C=O) groups is 2. The molecule has 8 heteroatoms. The Morgan fingerprint density at radius 3 is 2.75 bits per heavy atom. The Bertz CT molecular complexity index is 1260. The van der Waals surface area contributed by atoms with E-state index in [1.807, 2.05) is 24.3 Å². The van der Waals surface area contributed by atoms with Crippen molar-refractivity contribution in [1.82, 2.24) is 14.9 Å². The van der Waals surface area contributed by atoms with E-state index >= 15 is 0 Å². The molecule has 0 saturated carbocycles. The fraction of sp³-hybridized carbons (Fsp3) is 0.250. The van der Waals surface area contributed by atoms with E-state index in [4.69, 9.17) is 0 Å². The predicted octanol–water partition coefficient (Wildman–Crippen LogP) is 5.16. The third-order valence-electron chi connectivity index (χ3n) is 5.59. The zero-order valence-corrected chi connectivity index (χ0v) is 19.3. The summed E-state index contributed by atoms with van der Waals surface area (Å²) in [6, 6.07) is 11.4. The van der Waals surface area contributed by atoms with Gasteiger partial charge in [-0.2, -0.15) is 0 Å². The van der Waals surface area contributed by atoms with Gasteiger partial charge >= 0.3 is 0 Å². The van der Waals surface area contributed by atoms with Crippen molar-refractivity contribution in [1.29, 1.82) is 0 Å². The van der Waals surface area contributed by atoms with E-state index in [-0.39, 0.29) is 11.8 Å². The van der Waals surface area contributed by atoms with Gasteiger partial charge in [-0.05, 0) is 55.5 Å². The zero-order chi connectivity index (χ0) is 22.1. The number of thiazole rings is 1. The molecule has 0 spiro atoms. The summed E-state index contributed by atoms with van der Waals surface area (Å²) in [4.78, 5) is 38.0. The molecule has 0 unspecified atom stereocenters. The number of nitrogens with zero attached hydrogens (tertiary/aromatic N) is 3. The maximum Gasteiger partial charge on any atom is 0.257 e. The normalized spacial score (nSPS) is 13.0. The van der Waals surface area contributed by atoms with Crippen LogP contribution in [0.4, 0.5) is 5.00 Å². The second kappa shape index (κ2) is 8.80. The number of aryl methyl sites for hydroxylation is 1. The van der Waals surface area contributed by atoms with Gasteiger partial charge < -0.3 is 10.2 Å². The second-order valence-corrected chi connectivity index (χ2v) is 10.1. The number of rotatable bonds is 5. The number of nitrogens with one attached hydrogen (secondary N) is 1. The topological polar surface area (TPSA) is 75.2 Å². The molecule has 0 radical (unpaired) electrons. The molecule has 1 aliphatic carbocycles. The highest BCUT2D eigenvalue weighted by atomic mass is 32.1. The van der Waals surface area contributed by atoms with E-state index in [2.05, 4.69) is 15.3 Å². The molecule has 32 heavy (non-hydrogen) atoms. The second-order valence-electron chi connectivity index (χ2n) is 7.85. The van der Waals surface area contributed by atoms with Gasteiger partial charge in [0.25, 0.3) is 11.8 Å². The van der Waals surface area contributed by atoms with Crippen molar-refractivity contribution in [2.24, 2.45) is 0 Å². The average molecular weight is 463 g/mol. The summed E-state index contributed by atoms with van der Waals surface area (Å²) in [5, 5.41) is 4.51. The summed E-state index contributed by atoms with van der Waals surface area (Å²) in [6.07, 6.45) is 7.14. The number of anilines is 1. The highest BCUT2D eigenvalue weighted by Crippen LogP contribution is 2.39. The van der Waals surface area contributed by atoms with Crippen molar-refractivity contribution >= 4 is 49.7 Å². The first-order chi connectivity index (χ1) is 15.6. The van der Waals surface area contributed by atoms with Crippen LogP contribution in [-0.2, 0) is 19.4 Å². The van der Waals surface area contributed by atoms with Crippen molar-refractivity contribution in [2.45, 2.75) is 32.2 Å². The van der Waals surface area contributed by atoms with Crippen molar-refractivity contribution in [2.75, 3.05) is 12.4 Å². The van der Waals surface area contributed by atoms with Gasteiger partial charge in [-0.25, -0.2) is 4.98 Å². The van der Waals surface area contributed by atoms with Crippen LogP contribution >= 0.6 is 22.7 Å². The van der Waals surface area contributed by atoms with E-state index in [1.54, 1.807) is 41.6 Å². The average Bonchev–Trinajstić information content (AvgIpc) is 3.39. The summed E-state index contributed by atoms with van der Waals surface area (Å²) < 4.78 is 1.11. The van der Waals surface area contributed by atoms with E-state index in [1.165, 1.54) is 22.4 Å². The van der Waals surface area contributed by atoms with Crippen molar-refractivity contribution in [3.8, 4) is 0 Å². The van der Waals surface area contributed by atoms with E-state index in [0.29, 0.717) is 22.7 Å². The highest BCUT2D eigenvalue weighted by molar-refractivity contribution is 7.18. The first kappa shape index (κ1) is 20.8. The van der Waals surface area contributed by atoms with Gasteiger partial charge in [-0.15, -0.1) is 22.7 Å². The van der Waals surface area contributed by atoms with E-state index in [9.17, 15) is 9.59 Å². The van der Waals surface area contributed by atoms with Crippen LogP contribution in [0.25, 0.3) is 10.2 Å². The zero-order valence-electron chi connectivity index (χ0n) is 17.6. The van der Waals surface area contributed by atoms with Gasteiger partial charge in [-0.3, -0.25) is 14.6 Å². The van der Waals surface area contributed by atoms with Crippen LogP contribution in [0.2, 0.25) is 0 Å². The Hall–Kier alpha value is -3.10. The first-order valence-electron chi connectivity index (χ1n) is 10.6. The van der Waals surface area contributed by atoms with Crippen LogP contribution in [0.5, 0.6) is 0 Å². The molecule has 2 amide bonds. The summed E-state index contributed by atoms with van der Waals surface area (Å²) in [5.41, 5.74) is 3.14. The van der Waals surface area contributed by atoms with Gasteiger partial charge in [0.15, 0.2) is 0 Å². The third kappa shape index (κ3) is 4.03. The minimum atomic E-state index is -0.250. The largest absolute Gasteiger partial charge is 0.335 e. The fourth-order valence-corrected chi connectivity index (χ4v) is 6.30. The number of para-hydroxylation sites is 1. The Morgan fingerprint density at radius 2 is 1.94 bits per heavy atom. The minimum absolute atomic E-state index is 0.0786. The van der Waals surface area contributed by atoms with Crippen LogP contribution in [0.1, 0.15) is 49.0 Å². The molecule has 3 aromatic heterocycles. The summed E-state index contributed by atoms with van der Waals surface area (Å²) in [6.45, 7) is 0.429. The van der Waals surface area contributed by atoms with Crippen molar-refractivity contribution < 1.29 is 9.59 Å². The molecular weight excluding hydrogens is 440 g/mol. The van der Waals surface area contributed by atoms with Gasteiger partial charge in [0.05, 0.1) is 27.9 Å². The van der Waals surface area contributed by atoms with Crippen LogP contribution < -0.4 is 5.32 Å². The summed E-state index contributed by atoms with van der Waals surface area (Å²) in [7, 11) is 1.80. The van der Waals surface area contributed by atoms with Crippen LogP contribution in [0.15, 0.2) is 48.8 Å². The lowest BCUT2D eigenvalue weighted by atomic mass is 9.95. The van der Waals surface area contributed by atoms with Gasteiger partial charge in [0, 0.05) is 24.3 Å². The highest BCUT2D eigenvalue weighted by Gasteiger charge is 2.28. The molecule has 4 aromatic rings. The fourth-order valence-electron chi connectivity index (χ4n) is 4.01. The number of amides is 2. The Morgan fingerprint density at radius 1 is 1.09 bits per heavy atom. The molecule has 6 nitrogen and oxygen atoms in total. The predicted molar refractivity (Wildman–Crippen MR) is 129 cm³/mol. The van der Waals surface area contributed by atoms with Crippen molar-refractivity contribution in [3.05, 3.63) is 75.4 Å². The maximum atomic E-state index is 13.6. The number of thiophene rings is 1. The van der Waals surface area contributed by atoms with Crippen LogP contribution in [0, 0.1) is 0 Å². The molecule has 0 atom stereocenters. The number of hydrogen-bond acceptors (Lipinski definition) is 6. The van der Waals surface area contributed by atoms with E-state index < -0.39 is 0 Å². The number of carbonyl (C=O) groups excluding carboxylic acids is 2. The smallest absolute Gasteiger partial charge is 0.257 e. The SMILES string of the molecule is CN(Cc1nc2ccccc2s1)C(=O)c1c(NC(=O)c2cccnc2)sc2c1CCCC2. The molecule has 0 saturated heterocycles. The Labute approximate surface area is 193 Å². The molecular formula is C24H22N4O2S2. The first-order valence-corrected chi connectivity index (χ1v) is 12.2. The molecule has 0 aliphatic heterocycles. The molecule has 1 aromatic carbocycles. The molecule has 5 rings (SSSR count). The third-order valence-corrected chi connectivity index (χ3v) is 7.82. The van der Waals surface area contributed by atoms with Gasteiger partial charge in [0.2, 0.25) is 0 Å². The van der Waals surface area contributed by atoms with Gasteiger partial charge in [0.1, 0.15) is 10.0 Å². The number of pyridine rings is 1. The Balaban J connectivity index is 1.43. The number of aromatic nitrogens is 2. The number of hydrogen-bond donors (Lipinski definition) is 1. The molecule has 0 bridgehead atoms. The number of benzene rings is 1. The lowest BCUT2D eigenvalue weighted by Gasteiger charge is -2.19. The summed E-state index contributed by atoms with van der Waals surface area (Å²) >= 11 is 3.13. The van der Waals surface area contributed by atoms with Crippen LogP contribution in [0.3, 0.4) is 0 Å². The number of fused-ring (bicyclic) bond motifs is 2. The quantitative estimate of drug-likeness (QED) is 0.445. The maximum absolute atomic E-state index is 13.6. The molecule has 1 aliphatic rings. The van der Waals surface area contributed by atoms with Crippen molar-refractivity contribution in [3.63, 3.8) is 0 Å². The molecule has 3 heterocycles. The lowest BCUT2D eigenvalue weighted by Crippen LogP contribution is -2.28. The van der Waals surface area contributed by atoms with E-state index in [0.717, 1.165) is 46.5 Å². The molecule has 1 N–H and O–H groups in total. The lowest BCUT2D eigenvalue weighted by molar-refractivity contribution is 0.0785. The Kier molecular flexibility index (Phi) is 5.71.